The minimum absolute atomic E-state index is 0.0849. The Hall–Kier alpha value is -0.570. The first-order chi connectivity index (χ1) is 9.36. The van der Waals surface area contributed by atoms with Crippen LogP contribution in [0.25, 0.3) is 0 Å². The van der Waals surface area contributed by atoms with Crippen molar-refractivity contribution in [2.45, 2.75) is 72.8 Å². The quantitative estimate of drug-likeness (QED) is 0.703. The number of rotatable bonds is 7. The predicted octanol–water partition coefficient (Wildman–Crippen LogP) is 3.34. The van der Waals surface area contributed by atoms with Gasteiger partial charge in [0.05, 0.1) is 0 Å². The highest BCUT2D eigenvalue weighted by molar-refractivity contribution is 5.77. The van der Waals surface area contributed by atoms with Crippen LogP contribution in [0.4, 0.5) is 0 Å². The summed E-state index contributed by atoms with van der Waals surface area (Å²) in [7, 11) is 0. The number of carbonyl (C=O) groups excluding carboxylic acids is 1. The molecule has 20 heavy (non-hydrogen) atoms. The summed E-state index contributed by atoms with van der Waals surface area (Å²) in [4.78, 5) is 11.4. The first-order valence-corrected chi connectivity index (χ1v) is 8.38. The summed E-state index contributed by atoms with van der Waals surface area (Å²) in [6.45, 7) is 12.6. The lowest BCUT2D eigenvalue weighted by atomic mass is 9.69. The second kappa shape index (κ2) is 8.02. The van der Waals surface area contributed by atoms with Crippen molar-refractivity contribution in [1.82, 2.24) is 10.6 Å². The summed E-state index contributed by atoms with van der Waals surface area (Å²) in [6, 6.07) is 0.648. The van der Waals surface area contributed by atoms with Crippen molar-refractivity contribution < 1.29 is 4.79 Å². The van der Waals surface area contributed by atoms with Crippen LogP contribution in [0.15, 0.2) is 0 Å². The Morgan fingerprint density at radius 3 is 2.25 bits per heavy atom. The molecule has 3 nitrogen and oxygen atoms in total. The van der Waals surface area contributed by atoms with E-state index in [9.17, 15) is 4.79 Å². The van der Waals surface area contributed by atoms with Gasteiger partial charge >= 0.3 is 0 Å². The molecule has 0 unspecified atom stereocenters. The van der Waals surface area contributed by atoms with Gasteiger partial charge in [0.1, 0.15) is 0 Å². The molecule has 1 rings (SSSR count). The van der Waals surface area contributed by atoms with Crippen LogP contribution in [0.5, 0.6) is 0 Å². The van der Waals surface area contributed by atoms with Gasteiger partial charge in [-0.3, -0.25) is 4.79 Å². The molecular weight excluding hydrogens is 248 g/mol. The molecule has 1 amide bonds. The molecule has 0 atom stereocenters. The smallest absolute Gasteiger partial charge is 0.222 e. The van der Waals surface area contributed by atoms with Gasteiger partial charge in [-0.2, -0.15) is 0 Å². The topological polar surface area (TPSA) is 41.1 Å². The first-order valence-electron chi connectivity index (χ1n) is 8.38. The summed E-state index contributed by atoms with van der Waals surface area (Å²) in [5.41, 5.74) is 0.496. The molecule has 0 spiro atoms. The monoisotopic (exact) mass is 282 g/mol. The highest BCUT2D eigenvalue weighted by atomic mass is 16.1. The van der Waals surface area contributed by atoms with E-state index in [2.05, 4.69) is 31.4 Å². The van der Waals surface area contributed by atoms with Crippen molar-refractivity contribution in [3.8, 4) is 0 Å². The first kappa shape index (κ1) is 17.5. The van der Waals surface area contributed by atoms with E-state index < -0.39 is 0 Å². The molecule has 0 aromatic rings. The van der Waals surface area contributed by atoms with Crippen LogP contribution in [0.3, 0.4) is 0 Å². The van der Waals surface area contributed by atoms with Gasteiger partial charge < -0.3 is 10.6 Å². The Morgan fingerprint density at radius 2 is 1.75 bits per heavy atom. The Labute approximate surface area is 125 Å². The van der Waals surface area contributed by atoms with Crippen molar-refractivity contribution >= 4 is 5.91 Å². The third kappa shape index (κ3) is 5.43. The molecule has 0 aliphatic heterocycles. The Morgan fingerprint density at radius 1 is 1.15 bits per heavy atom. The van der Waals surface area contributed by atoms with Gasteiger partial charge in [-0.05, 0) is 37.0 Å². The molecule has 0 heterocycles. The van der Waals surface area contributed by atoms with Gasteiger partial charge in [0, 0.05) is 25.0 Å². The fourth-order valence-electron chi connectivity index (χ4n) is 3.03. The van der Waals surface area contributed by atoms with Gasteiger partial charge in [0.25, 0.3) is 0 Å². The van der Waals surface area contributed by atoms with Crippen molar-refractivity contribution in [2.75, 3.05) is 13.1 Å². The molecule has 0 aromatic carbocycles. The largest absolute Gasteiger partial charge is 0.355 e. The highest BCUT2D eigenvalue weighted by Gasteiger charge is 2.31. The van der Waals surface area contributed by atoms with E-state index in [4.69, 9.17) is 0 Å². The standard InChI is InChI=1S/C17H34N2O/c1-6-17(4,5)14-7-9-15(10-8-14)18-11-12-19-16(20)13(2)3/h13-15,18H,6-12H2,1-5H3,(H,19,20). The molecule has 1 aliphatic carbocycles. The SMILES string of the molecule is CCC(C)(C)C1CCC(NCCNC(=O)C(C)C)CC1. The van der Waals surface area contributed by atoms with Crippen LogP contribution in [0, 0.1) is 17.3 Å². The molecule has 3 heteroatoms. The van der Waals surface area contributed by atoms with Crippen LogP contribution >= 0.6 is 0 Å². The Kier molecular flexibility index (Phi) is 7.01. The predicted molar refractivity (Wildman–Crippen MR) is 85.7 cm³/mol. The van der Waals surface area contributed by atoms with Gasteiger partial charge in [-0.15, -0.1) is 0 Å². The molecule has 0 aromatic heterocycles. The van der Waals surface area contributed by atoms with Crippen LogP contribution < -0.4 is 10.6 Å². The zero-order valence-electron chi connectivity index (χ0n) is 14.1. The van der Waals surface area contributed by atoms with E-state index in [1.165, 1.54) is 32.1 Å². The third-order valence-corrected chi connectivity index (χ3v) is 5.13. The summed E-state index contributed by atoms with van der Waals surface area (Å²) in [5.74, 6) is 1.12. The van der Waals surface area contributed by atoms with E-state index in [1.807, 2.05) is 13.8 Å². The van der Waals surface area contributed by atoms with E-state index >= 15 is 0 Å². The average Bonchev–Trinajstić information content (AvgIpc) is 2.43. The lowest BCUT2D eigenvalue weighted by molar-refractivity contribution is -0.123. The zero-order chi connectivity index (χ0) is 15.2. The number of hydrogen-bond acceptors (Lipinski definition) is 2. The fraction of sp³-hybridized carbons (Fsp3) is 0.941. The zero-order valence-corrected chi connectivity index (χ0v) is 14.1. The van der Waals surface area contributed by atoms with Crippen molar-refractivity contribution in [3.05, 3.63) is 0 Å². The van der Waals surface area contributed by atoms with Crippen molar-refractivity contribution in [2.24, 2.45) is 17.3 Å². The van der Waals surface area contributed by atoms with E-state index in [0.717, 1.165) is 19.0 Å². The maximum Gasteiger partial charge on any atom is 0.222 e. The summed E-state index contributed by atoms with van der Waals surface area (Å²) in [6.07, 6.45) is 6.53. The number of nitrogens with one attached hydrogen (secondary N) is 2. The van der Waals surface area contributed by atoms with E-state index in [1.54, 1.807) is 0 Å². The maximum absolute atomic E-state index is 11.4. The third-order valence-electron chi connectivity index (χ3n) is 5.13. The van der Waals surface area contributed by atoms with Crippen LogP contribution in [-0.4, -0.2) is 25.0 Å². The summed E-state index contributed by atoms with van der Waals surface area (Å²) < 4.78 is 0. The summed E-state index contributed by atoms with van der Waals surface area (Å²) >= 11 is 0. The van der Waals surface area contributed by atoms with Gasteiger partial charge in [0.2, 0.25) is 5.91 Å². The van der Waals surface area contributed by atoms with E-state index in [0.29, 0.717) is 11.5 Å². The summed E-state index contributed by atoms with van der Waals surface area (Å²) in [5, 5.41) is 6.55. The van der Waals surface area contributed by atoms with Gasteiger partial charge in [-0.25, -0.2) is 0 Å². The molecule has 0 radical (unpaired) electrons. The van der Waals surface area contributed by atoms with Crippen LogP contribution in [0.1, 0.15) is 66.7 Å². The van der Waals surface area contributed by atoms with Crippen molar-refractivity contribution in [3.63, 3.8) is 0 Å². The number of carbonyl (C=O) groups is 1. The fourth-order valence-corrected chi connectivity index (χ4v) is 3.03. The minimum atomic E-state index is 0.0849. The second-order valence-corrected chi connectivity index (χ2v) is 7.29. The van der Waals surface area contributed by atoms with Crippen LogP contribution in [-0.2, 0) is 4.79 Å². The number of amides is 1. The van der Waals surface area contributed by atoms with Gasteiger partial charge in [0.15, 0.2) is 0 Å². The molecule has 1 saturated carbocycles. The molecular formula is C17H34N2O. The Bertz CT molecular complexity index is 291. The number of hydrogen-bond donors (Lipinski definition) is 2. The average molecular weight is 282 g/mol. The maximum atomic E-state index is 11.4. The second-order valence-electron chi connectivity index (χ2n) is 7.29. The molecule has 1 fully saturated rings. The minimum Gasteiger partial charge on any atom is -0.355 e. The lowest BCUT2D eigenvalue weighted by Gasteiger charge is -2.39. The molecule has 0 saturated heterocycles. The van der Waals surface area contributed by atoms with Crippen LogP contribution in [0.2, 0.25) is 0 Å². The normalized spacial score (nSPS) is 23.9. The van der Waals surface area contributed by atoms with E-state index in [-0.39, 0.29) is 11.8 Å². The lowest BCUT2D eigenvalue weighted by Crippen LogP contribution is -2.41. The molecule has 118 valence electrons. The van der Waals surface area contributed by atoms with Crippen molar-refractivity contribution in [1.29, 1.82) is 0 Å². The molecule has 2 N–H and O–H groups in total. The Balaban J connectivity index is 2.15. The van der Waals surface area contributed by atoms with Gasteiger partial charge in [-0.1, -0.05) is 41.0 Å². The molecule has 0 bridgehead atoms. The molecule has 1 aliphatic rings. The highest BCUT2D eigenvalue weighted by Crippen LogP contribution is 2.40.